The molecule has 0 aromatic carbocycles. The number of carbonyl (C=O) groups excluding carboxylic acids is 1. The van der Waals surface area contributed by atoms with Crippen molar-refractivity contribution in [1.29, 1.82) is 0 Å². The molecule has 2 unspecified atom stereocenters. The molecule has 0 saturated carbocycles. The van der Waals surface area contributed by atoms with Crippen molar-refractivity contribution in [3.8, 4) is 0 Å². The lowest BCUT2D eigenvalue weighted by Gasteiger charge is -2.29. The standard InChI is InChI=1S/C12H22N2O/c1-3-10-5-8-14(9-10)11(15)12(2)6-4-7-13-12/h10,13H,3-9H2,1-2H3. The number of hydrogen-bond donors (Lipinski definition) is 1. The maximum Gasteiger partial charge on any atom is 0.242 e. The van der Waals surface area contributed by atoms with Gasteiger partial charge in [-0.1, -0.05) is 13.3 Å². The molecule has 1 N–H and O–H groups in total. The quantitative estimate of drug-likeness (QED) is 0.747. The summed E-state index contributed by atoms with van der Waals surface area (Å²) in [5.41, 5.74) is -0.261. The Hall–Kier alpha value is -0.570. The second kappa shape index (κ2) is 4.12. The van der Waals surface area contributed by atoms with Crippen LogP contribution in [0.4, 0.5) is 0 Å². The van der Waals surface area contributed by atoms with Crippen molar-refractivity contribution in [1.82, 2.24) is 10.2 Å². The Morgan fingerprint density at radius 2 is 2.40 bits per heavy atom. The molecule has 0 bridgehead atoms. The Morgan fingerprint density at radius 3 is 2.93 bits per heavy atom. The van der Waals surface area contributed by atoms with Gasteiger partial charge < -0.3 is 10.2 Å². The van der Waals surface area contributed by atoms with Crippen LogP contribution in [0.3, 0.4) is 0 Å². The highest BCUT2D eigenvalue weighted by Crippen LogP contribution is 2.26. The monoisotopic (exact) mass is 210 g/mol. The first-order valence-corrected chi connectivity index (χ1v) is 6.20. The summed E-state index contributed by atoms with van der Waals surface area (Å²) in [6.07, 6.45) is 4.53. The van der Waals surface area contributed by atoms with Gasteiger partial charge in [0.1, 0.15) is 0 Å². The van der Waals surface area contributed by atoms with Crippen molar-refractivity contribution in [2.24, 2.45) is 5.92 Å². The van der Waals surface area contributed by atoms with Gasteiger partial charge in [-0.25, -0.2) is 0 Å². The zero-order valence-electron chi connectivity index (χ0n) is 9.88. The van der Waals surface area contributed by atoms with E-state index in [4.69, 9.17) is 0 Å². The fourth-order valence-corrected chi connectivity index (χ4v) is 2.78. The Morgan fingerprint density at radius 1 is 1.60 bits per heavy atom. The van der Waals surface area contributed by atoms with Crippen LogP contribution in [-0.2, 0) is 4.79 Å². The van der Waals surface area contributed by atoms with E-state index in [0.29, 0.717) is 5.91 Å². The summed E-state index contributed by atoms with van der Waals surface area (Å²) in [6, 6.07) is 0. The molecular weight excluding hydrogens is 188 g/mol. The van der Waals surface area contributed by atoms with Crippen LogP contribution < -0.4 is 5.32 Å². The topological polar surface area (TPSA) is 32.3 Å². The summed E-state index contributed by atoms with van der Waals surface area (Å²) in [4.78, 5) is 14.4. The average Bonchev–Trinajstić information content (AvgIpc) is 2.85. The summed E-state index contributed by atoms with van der Waals surface area (Å²) in [7, 11) is 0. The van der Waals surface area contributed by atoms with Gasteiger partial charge >= 0.3 is 0 Å². The number of nitrogens with one attached hydrogen (secondary N) is 1. The van der Waals surface area contributed by atoms with Crippen LogP contribution in [0.5, 0.6) is 0 Å². The largest absolute Gasteiger partial charge is 0.341 e. The molecule has 2 aliphatic heterocycles. The van der Waals surface area contributed by atoms with Gasteiger partial charge in [0.15, 0.2) is 0 Å². The molecule has 15 heavy (non-hydrogen) atoms. The Labute approximate surface area is 92.2 Å². The van der Waals surface area contributed by atoms with E-state index in [1.807, 2.05) is 0 Å². The predicted octanol–water partition coefficient (Wildman–Crippen LogP) is 1.39. The van der Waals surface area contributed by atoms with Gasteiger partial charge in [0.25, 0.3) is 0 Å². The highest BCUT2D eigenvalue weighted by molar-refractivity contribution is 5.86. The molecule has 86 valence electrons. The van der Waals surface area contributed by atoms with E-state index in [1.165, 1.54) is 12.8 Å². The zero-order chi connectivity index (χ0) is 10.9. The molecule has 2 heterocycles. The van der Waals surface area contributed by atoms with Crippen LogP contribution >= 0.6 is 0 Å². The molecular formula is C12H22N2O. The summed E-state index contributed by atoms with van der Waals surface area (Å²) >= 11 is 0. The number of likely N-dealkylation sites (tertiary alicyclic amines) is 1. The van der Waals surface area contributed by atoms with E-state index in [1.54, 1.807) is 0 Å². The lowest BCUT2D eigenvalue weighted by molar-refractivity contribution is -0.136. The smallest absolute Gasteiger partial charge is 0.242 e. The van der Waals surface area contributed by atoms with Crippen LogP contribution in [0.2, 0.25) is 0 Å². The van der Waals surface area contributed by atoms with Crippen molar-refractivity contribution < 1.29 is 4.79 Å². The van der Waals surface area contributed by atoms with Crippen LogP contribution in [0.1, 0.15) is 39.5 Å². The third kappa shape index (κ3) is 2.03. The summed E-state index contributed by atoms with van der Waals surface area (Å²) in [5.74, 6) is 1.06. The second-order valence-electron chi connectivity index (χ2n) is 5.18. The highest BCUT2D eigenvalue weighted by atomic mass is 16.2. The van der Waals surface area contributed by atoms with E-state index < -0.39 is 0 Å². The summed E-state index contributed by atoms with van der Waals surface area (Å²) < 4.78 is 0. The minimum absolute atomic E-state index is 0.261. The number of nitrogens with zero attached hydrogens (tertiary/aromatic N) is 1. The molecule has 1 amide bonds. The number of rotatable bonds is 2. The van der Waals surface area contributed by atoms with Gasteiger partial charge in [0, 0.05) is 13.1 Å². The Kier molecular flexibility index (Phi) is 3.01. The van der Waals surface area contributed by atoms with Gasteiger partial charge in [0.2, 0.25) is 5.91 Å². The first-order valence-electron chi connectivity index (χ1n) is 6.20. The van der Waals surface area contributed by atoms with Gasteiger partial charge in [-0.05, 0) is 38.6 Å². The lowest BCUT2D eigenvalue weighted by atomic mass is 9.98. The molecule has 0 aliphatic carbocycles. The third-order valence-electron chi connectivity index (χ3n) is 3.99. The van der Waals surface area contributed by atoms with Crippen molar-refractivity contribution in [3.05, 3.63) is 0 Å². The fraction of sp³-hybridized carbons (Fsp3) is 0.917. The molecule has 0 aromatic heterocycles. The lowest BCUT2D eigenvalue weighted by Crippen LogP contribution is -2.52. The van der Waals surface area contributed by atoms with Gasteiger partial charge in [-0.3, -0.25) is 4.79 Å². The van der Waals surface area contributed by atoms with Crippen LogP contribution in [-0.4, -0.2) is 36.0 Å². The molecule has 2 rings (SSSR count). The first kappa shape index (κ1) is 10.9. The fourth-order valence-electron chi connectivity index (χ4n) is 2.78. The van der Waals surface area contributed by atoms with Crippen LogP contribution in [0.25, 0.3) is 0 Å². The number of amides is 1. The molecule has 2 atom stereocenters. The van der Waals surface area contributed by atoms with E-state index in [9.17, 15) is 4.79 Å². The van der Waals surface area contributed by atoms with Gasteiger partial charge in [0.05, 0.1) is 5.54 Å². The molecule has 2 aliphatic rings. The average molecular weight is 210 g/mol. The molecule has 0 radical (unpaired) electrons. The summed E-state index contributed by atoms with van der Waals surface area (Å²) in [5, 5.41) is 3.35. The normalized spacial score (nSPS) is 36.1. The zero-order valence-corrected chi connectivity index (χ0v) is 9.88. The third-order valence-corrected chi connectivity index (χ3v) is 3.99. The van der Waals surface area contributed by atoms with Crippen molar-refractivity contribution in [2.75, 3.05) is 19.6 Å². The maximum atomic E-state index is 12.3. The van der Waals surface area contributed by atoms with Crippen LogP contribution in [0.15, 0.2) is 0 Å². The molecule has 0 spiro atoms. The van der Waals surface area contributed by atoms with Crippen LogP contribution in [0, 0.1) is 5.92 Å². The second-order valence-corrected chi connectivity index (χ2v) is 5.18. The molecule has 2 saturated heterocycles. The van der Waals surface area contributed by atoms with E-state index >= 15 is 0 Å². The summed E-state index contributed by atoms with van der Waals surface area (Å²) in [6.45, 7) is 7.21. The minimum atomic E-state index is -0.261. The van der Waals surface area contributed by atoms with Crippen molar-refractivity contribution >= 4 is 5.91 Å². The van der Waals surface area contributed by atoms with Gasteiger partial charge in [-0.15, -0.1) is 0 Å². The maximum absolute atomic E-state index is 12.3. The highest BCUT2D eigenvalue weighted by Gasteiger charge is 2.40. The van der Waals surface area contributed by atoms with Crippen molar-refractivity contribution in [2.45, 2.75) is 45.1 Å². The Bertz CT molecular complexity index is 246. The number of carbonyl (C=O) groups is 1. The number of hydrogen-bond acceptors (Lipinski definition) is 2. The van der Waals surface area contributed by atoms with Crippen molar-refractivity contribution in [3.63, 3.8) is 0 Å². The van der Waals surface area contributed by atoms with Gasteiger partial charge in [-0.2, -0.15) is 0 Å². The predicted molar refractivity (Wildman–Crippen MR) is 60.6 cm³/mol. The van der Waals surface area contributed by atoms with E-state index in [0.717, 1.165) is 38.4 Å². The SMILES string of the molecule is CCC1CCN(C(=O)C2(C)CCCN2)C1. The Balaban J connectivity index is 1.96. The molecule has 0 aromatic rings. The molecule has 3 heteroatoms. The molecule has 2 fully saturated rings. The minimum Gasteiger partial charge on any atom is -0.341 e. The van der Waals surface area contributed by atoms with E-state index in [2.05, 4.69) is 24.1 Å². The first-order chi connectivity index (χ1) is 7.15. The molecule has 3 nitrogen and oxygen atoms in total. The van der Waals surface area contributed by atoms with E-state index in [-0.39, 0.29) is 5.54 Å².